The first-order chi connectivity index (χ1) is 12.1. The number of aryl methyl sites for hydroxylation is 1. The number of nitrogens with two attached hydrogens (primary N) is 1. The second-order valence-electron chi connectivity index (χ2n) is 5.91. The van der Waals surface area contributed by atoms with Crippen LogP contribution in [0.2, 0.25) is 0 Å². The van der Waals surface area contributed by atoms with Crippen molar-refractivity contribution in [2.24, 2.45) is 0 Å². The van der Waals surface area contributed by atoms with E-state index < -0.39 is 0 Å². The molecule has 0 saturated carbocycles. The summed E-state index contributed by atoms with van der Waals surface area (Å²) in [6.45, 7) is 3.79. The van der Waals surface area contributed by atoms with Crippen LogP contribution in [0.15, 0.2) is 36.9 Å². The van der Waals surface area contributed by atoms with Gasteiger partial charge in [0.2, 0.25) is 0 Å². The van der Waals surface area contributed by atoms with Crippen molar-refractivity contribution in [2.45, 2.75) is 20.3 Å². The number of nitrogen functional groups attached to an aromatic ring is 1. The van der Waals surface area contributed by atoms with Crippen LogP contribution in [0.25, 0.3) is 27.7 Å². The van der Waals surface area contributed by atoms with Gasteiger partial charge in [-0.2, -0.15) is 0 Å². The molecule has 0 saturated heterocycles. The normalized spacial score (nSPS) is 11.3. The van der Waals surface area contributed by atoms with Crippen molar-refractivity contribution >= 4 is 28.0 Å². The van der Waals surface area contributed by atoms with Crippen molar-refractivity contribution in [2.75, 3.05) is 5.73 Å². The summed E-state index contributed by atoms with van der Waals surface area (Å²) < 4.78 is 1.90. The molecule has 0 spiro atoms. The number of carbonyl (C=O) groups is 1. The van der Waals surface area contributed by atoms with Crippen molar-refractivity contribution < 1.29 is 4.79 Å². The van der Waals surface area contributed by atoms with Gasteiger partial charge in [0.1, 0.15) is 17.8 Å². The zero-order valence-corrected chi connectivity index (χ0v) is 13.9. The Hall–Kier alpha value is -3.35. The van der Waals surface area contributed by atoms with Gasteiger partial charge in [0, 0.05) is 35.2 Å². The Morgan fingerprint density at radius 2 is 2.04 bits per heavy atom. The van der Waals surface area contributed by atoms with Crippen LogP contribution in [0.1, 0.15) is 29.4 Å². The van der Waals surface area contributed by atoms with Crippen LogP contribution in [-0.4, -0.2) is 30.3 Å². The smallest absolute Gasteiger partial charge is 0.180 e. The van der Waals surface area contributed by atoms with Gasteiger partial charge in [0.05, 0.1) is 5.69 Å². The molecule has 4 aromatic rings. The number of ketones is 1. The molecule has 4 rings (SSSR count). The summed E-state index contributed by atoms with van der Waals surface area (Å²) >= 11 is 0. The molecule has 0 radical (unpaired) electrons. The van der Waals surface area contributed by atoms with Crippen LogP contribution in [0.4, 0.5) is 5.82 Å². The van der Waals surface area contributed by atoms with Gasteiger partial charge in [-0.1, -0.05) is 6.92 Å². The first kappa shape index (κ1) is 15.2. The minimum absolute atomic E-state index is 0.0299. The Labute approximate surface area is 143 Å². The number of Topliss-reactive ketones (excluding diaryl/α,β-unsaturated/α-hetero) is 1. The maximum atomic E-state index is 11.9. The van der Waals surface area contributed by atoms with E-state index in [4.69, 9.17) is 5.73 Å². The molecule has 0 unspecified atom stereocenters. The average molecular weight is 332 g/mol. The summed E-state index contributed by atoms with van der Waals surface area (Å²) in [5.74, 6) is 0.465. The third-order valence-corrected chi connectivity index (χ3v) is 4.29. The van der Waals surface area contributed by atoms with E-state index >= 15 is 0 Å². The number of nitrogens with zero attached hydrogens (tertiary/aromatic N) is 5. The first-order valence-corrected chi connectivity index (χ1v) is 7.96. The molecule has 2 N–H and O–H groups in total. The number of anilines is 1. The molecule has 7 nitrogen and oxygen atoms in total. The molecule has 25 heavy (non-hydrogen) atoms. The van der Waals surface area contributed by atoms with Crippen LogP contribution in [0.5, 0.6) is 0 Å². The van der Waals surface area contributed by atoms with Gasteiger partial charge in [0.25, 0.3) is 0 Å². The van der Waals surface area contributed by atoms with Crippen LogP contribution < -0.4 is 5.73 Å². The lowest BCUT2D eigenvalue weighted by Gasteiger charge is -2.11. The molecule has 0 aromatic carbocycles. The predicted molar refractivity (Wildman–Crippen MR) is 95.3 cm³/mol. The molecule has 4 heterocycles. The zero-order valence-electron chi connectivity index (χ0n) is 13.9. The van der Waals surface area contributed by atoms with Crippen LogP contribution in [-0.2, 0) is 0 Å². The molecule has 0 aliphatic rings. The van der Waals surface area contributed by atoms with Gasteiger partial charge in [-0.15, -0.1) is 10.2 Å². The Kier molecular flexibility index (Phi) is 3.42. The van der Waals surface area contributed by atoms with Crippen LogP contribution in [0, 0.1) is 6.92 Å². The van der Waals surface area contributed by atoms with Gasteiger partial charge in [-0.25, -0.2) is 4.98 Å². The SMILES string of the molecule is CCC(=O)c1cc(C)c(-c2cc3cnc(N)cc3c3nncn23)cn1. The largest absolute Gasteiger partial charge is 0.384 e. The van der Waals surface area contributed by atoms with Crippen molar-refractivity contribution in [1.82, 2.24) is 24.6 Å². The van der Waals surface area contributed by atoms with Gasteiger partial charge in [-0.3, -0.25) is 14.2 Å². The van der Waals surface area contributed by atoms with E-state index in [1.54, 1.807) is 24.8 Å². The maximum absolute atomic E-state index is 11.9. The number of rotatable bonds is 3. The second-order valence-corrected chi connectivity index (χ2v) is 5.91. The van der Waals surface area contributed by atoms with E-state index in [1.807, 2.05) is 30.4 Å². The van der Waals surface area contributed by atoms with Gasteiger partial charge in [-0.05, 0) is 30.7 Å². The molecule has 0 fully saturated rings. The van der Waals surface area contributed by atoms with E-state index in [-0.39, 0.29) is 5.78 Å². The fraction of sp³-hybridized carbons (Fsp3) is 0.167. The molecule has 4 aromatic heterocycles. The van der Waals surface area contributed by atoms with Crippen LogP contribution in [0.3, 0.4) is 0 Å². The van der Waals surface area contributed by atoms with E-state index in [0.29, 0.717) is 23.6 Å². The highest BCUT2D eigenvalue weighted by Gasteiger charge is 2.14. The first-order valence-electron chi connectivity index (χ1n) is 7.96. The topological polar surface area (TPSA) is 99.1 Å². The maximum Gasteiger partial charge on any atom is 0.180 e. The predicted octanol–water partition coefficient (Wildman–Crippen LogP) is 2.82. The molecule has 0 amide bonds. The molecule has 0 bridgehead atoms. The summed E-state index contributed by atoms with van der Waals surface area (Å²) in [6, 6.07) is 5.61. The van der Waals surface area contributed by atoms with E-state index in [9.17, 15) is 4.79 Å². The average Bonchev–Trinajstić information content (AvgIpc) is 3.11. The standard InChI is InChI=1S/C18H16N6O/c1-3-16(25)14-4-10(2)13(8-20-14)15-5-11-7-21-17(19)6-12(11)18-23-22-9-24(15)18/h4-9H,3H2,1-2H3,(H2,19,21). The van der Waals surface area contributed by atoms with Crippen molar-refractivity contribution in [3.05, 3.63) is 48.2 Å². The highest BCUT2D eigenvalue weighted by Crippen LogP contribution is 2.29. The lowest BCUT2D eigenvalue weighted by molar-refractivity contribution is 0.0983. The number of pyridine rings is 3. The highest BCUT2D eigenvalue weighted by molar-refractivity contribution is 5.98. The van der Waals surface area contributed by atoms with Crippen molar-refractivity contribution in [3.8, 4) is 11.3 Å². The Morgan fingerprint density at radius 3 is 2.80 bits per heavy atom. The van der Waals surface area contributed by atoms with Gasteiger partial charge >= 0.3 is 0 Å². The molecular weight excluding hydrogens is 316 g/mol. The fourth-order valence-electron chi connectivity index (χ4n) is 2.97. The Bertz CT molecular complexity index is 1130. The number of carbonyl (C=O) groups excluding carboxylic acids is 1. The summed E-state index contributed by atoms with van der Waals surface area (Å²) in [5, 5.41) is 10.1. The quantitative estimate of drug-likeness (QED) is 0.579. The number of fused-ring (bicyclic) bond motifs is 3. The summed E-state index contributed by atoms with van der Waals surface area (Å²) in [6.07, 6.45) is 5.54. The molecular formula is C18H16N6O. The lowest BCUT2D eigenvalue weighted by Crippen LogP contribution is -2.03. The Morgan fingerprint density at radius 1 is 1.20 bits per heavy atom. The highest BCUT2D eigenvalue weighted by atomic mass is 16.1. The second kappa shape index (κ2) is 5.62. The summed E-state index contributed by atoms with van der Waals surface area (Å²) in [5.41, 5.74) is 9.76. The summed E-state index contributed by atoms with van der Waals surface area (Å²) in [7, 11) is 0. The summed E-state index contributed by atoms with van der Waals surface area (Å²) in [4.78, 5) is 20.4. The van der Waals surface area contributed by atoms with Gasteiger partial charge < -0.3 is 5.73 Å². The van der Waals surface area contributed by atoms with Crippen molar-refractivity contribution in [1.29, 1.82) is 0 Å². The molecule has 124 valence electrons. The number of aromatic nitrogens is 5. The minimum Gasteiger partial charge on any atom is -0.384 e. The zero-order chi connectivity index (χ0) is 17.6. The van der Waals surface area contributed by atoms with E-state index in [2.05, 4.69) is 20.2 Å². The third kappa shape index (κ3) is 2.40. The van der Waals surface area contributed by atoms with Crippen molar-refractivity contribution in [3.63, 3.8) is 0 Å². The Balaban J connectivity index is 1.99. The molecule has 0 atom stereocenters. The molecule has 0 aliphatic heterocycles. The van der Waals surface area contributed by atoms with E-state index in [0.717, 1.165) is 27.6 Å². The van der Waals surface area contributed by atoms with E-state index in [1.165, 1.54) is 0 Å². The molecule has 7 heteroatoms. The lowest BCUT2D eigenvalue weighted by atomic mass is 10.0. The minimum atomic E-state index is 0.0299. The van der Waals surface area contributed by atoms with Gasteiger partial charge in [0.15, 0.2) is 11.4 Å². The van der Waals surface area contributed by atoms with Crippen LogP contribution >= 0.6 is 0 Å². The molecule has 0 aliphatic carbocycles. The third-order valence-electron chi connectivity index (χ3n) is 4.29. The number of hydrogen-bond acceptors (Lipinski definition) is 6. The number of hydrogen-bond donors (Lipinski definition) is 1. The monoisotopic (exact) mass is 332 g/mol. The fourth-order valence-corrected chi connectivity index (χ4v) is 2.97.